The quantitative estimate of drug-likeness (QED) is 0.805. The molecule has 19 heavy (non-hydrogen) atoms. The standard InChI is InChI=1S/C15H17N3O/c1-2-12-3-5-13(6-4-12)7-8-15(19)16-11-14-9-10-17-18-14/h3-10H,2,11H2,1H3,(H,16,19)(H,17,18). The van der Waals surface area contributed by atoms with Crippen LogP contribution in [0.25, 0.3) is 6.08 Å². The summed E-state index contributed by atoms with van der Waals surface area (Å²) in [6.45, 7) is 2.58. The van der Waals surface area contributed by atoms with Crippen LogP contribution in [0.3, 0.4) is 0 Å². The molecule has 0 radical (unpaired) electrons. The molecule has 2 aromatic rings. The first kappa shape index (κ1) is 13.1. The minimum absolute atomic E-state index is 0.117. The highest BCUT2D eigenvalue weighted by Crippen LogP contribution is 2.06. The lowest BCUT2D eigenvalue weighted by Crippen LogP contribution is -2.20. The highest BCUT2D eigenvalue weighted by Gasteiger charge is 1.97. The van der Waals surface area contributed by atoms with Crippen LogP contribution in [0.2, 0.25) is 0 Å². The number of H-pyrrole nitrogens is 1. The van der Waals surface area contributed by atoms with Gasteiger partial charge in [-0.2, -0.15) is 5.10 Å². The van der Waals surface area contributed by atoms with Crippen LogP contribution < -0.4 is 5.32 Å². The van der Waals surface area contributed by atoms with Crippen molar-refractivity contribution >= 4 is 12.0 Å². The summed E-state index contributed by atoms with van der Waals surface area (Å²) in [6, 6.07) is 9.99. The molecule has 0 saturated heterocycles. The number of aromatic amines is 1. The molecule has 0 bridgehead atoms. The average molecular weight is 255 g/mol. The van der Waals surface area contributed by atoms with Crippen molar-refractivity contribution in [3.8, 4) is 0 Å². The topological polar surface area (TPSA) is 57.8 Å². The maximum Gasteiger partial charge on any atom is 0.244 e. The smallest absolute Gasteiger partial charge is 0.244 e. The van der Waals surface area contributed by atoms with E-state index in [1.165, 1.54) is 11.6 Å². The van der Waals surface area contributed by atoms with Gasteiger partial charge in [0.1, 0.15) is 0 Å². The molecule has 1 aromatic heterocycles. The van der Waals surface area contributed by atoms with E-state index in [9.17, 15) is 4.79 Å². The average Bonchev–Trinajstić information content (AvgIpc) is 2.96. The summed E-state index contributed by atoms with van der Waals surface area (Å²) >= 11 is 0. The van der Waals surface area contributed by atoms with Crippen molar-refractivity contribution in [2.45, 2.75) is 19.9 Å². The number of hydrogen-bond donors (Lipinski definition) is 2. The highest BCUT2D eigenvalue weighted by atomic mass is 16.1. The summed E-state index contributed by atoms with van der Waals surface area (Å²) in [5.41, 5.74) is 3.20. The van der Waals surface area contributed by atoms with Gasteiger partial charge in [-0.15, -0.1) is 0 Å². The normalized spacial score (nSPS) is 10.8. The molecule has 0 atom stereocenters. The van der Waals surface area contributed by atoms with Gasteiger partial charge in [-0.05, 0) is 29.7 Å². The lowest BCUT2D eigenvalue weighted by molar-refractivity contribution is -0.116. The molecule has 0 saturated carbocycles. The molecule has 0 spiro atoms. The summed E-state index contributed by atoms with van der Waals surface area (Å²) in [5.74, 6) is -0.117. The van der Waals surface area contributed by atoms with Gasteiger partial charge in [0, 0.05) is 12.3 Å². The van der Waals surface area contributed by atoms with Gasteiger partial charge in [0.05, 0.1) is 12.2 Å². The maximum atomic E-state index is 11.6. The number of hydrogen-bond acceptors (Lipinski definition) is 2. The lowest BCUT2D eigenvalue weighted by Gasteiger charge is -1.99. The molecule has 1 heterocycles. The van der Waals surface area contributed by atoms with Gasteiger partial charge in [0.15, 0.2) is 0 Å². The van der Waals surface area contributed by atoms with Gasteiger partial charge in [0.2, 0.25) is 5.91 Å². The van der Waals surface area contributed by atoms with Crippen molar-refractivity contribution in [2.75, 3.05) is 0 Å². The summed E-state index contributed by atoms with van der Waals surface area (Å²) in [5, 5.41) is 9.39. The molecule has 4 nitrogen and oxygen atoms in total. The molecule has 0 unspecified atom stereocenters. The van der Waals surface area contributed by atoms with Gasteiger partial charge < -0.3 is 5.32 Å². The van der Waals surface area contributed by atoms with Crippen molar-refractivity contribution in [2.24, 2.45) is 0 Å². The van der Waals surface area contributed by atoms with Gasteiger partial charge in [-0.1, -0.05) is 31.2 Å². The predicted molar refractivity (Wildman–Crippen MR) is 75.3 cm³/mol. The van der Waals surface area contributed by atoms with Crippen LogP contribution in [0.1, 0.15) is 23.7 Å². The summed E-state index contributed by atoms with van der Waals surface area (Å²) in [4.78, 5) is 11.6. The highest BCUT2D eigenvalue weighted by molar-refractivity contribution is 5.91. The van der Waals surface area contributed by atoms with Crippen LogP contribution in [0.15, 0.2) is 42.6 Å². The molecule has 98 valence electrons. The second kappa shape index (κ2) is 6.54. The Bertz CT molecular complexity index is 541. The first-order chi connectivity index (χ1) is 9.28. The van der Waals surface area contributed by atoms with E-state index in [-0.39, 0.29) is 5.91 Å². The molecule has 1 aromatic carbocycles. The lowest BCUT2D eigenvalue weighted by atomic mass is 10.1. The van der Waals surface area contributed by atoms with E-state index in [0.717, 1.165) is 17.7 Å². The van der Waals surface area contributed by atoms with Gasteiger partial charge in [0.25, 0.3) is 0 Å². The van der Waals surface area contributed by atoms with Crippen LogP contribution >= 0.6 is 0 Å². The predicted octanol–water partition coefficient (Wildman–Crippen LogP) is 2.30. The molecular formula is C15H17N3O. The number of carbonyl (C=O) groups is 1. The van der Waals surface area contributed by atoms with Crippen LogP contribution in [0, 0.1) is 0 Å². The zero-order chi connectivity index (χ0) is 13.5. The number of amides is 1. The summed E-state index contributed by atoms with van der Waals surface area (Å²) in [6.07, 6.45) is 6.03. The summed E-state index contributed by atoms with van der Waals surface area (Å²) in [7, 11) is 0. The maximum absolute atomic E-state index is 11.6. The molecular weight excluding hydrogens is 238 g/mol. The van der Waals surface area contributed by atoms with Gasteiger partial charge in [-0.25, -0.2) is 0 Å². The number of aromatic nitrogens is 2. The second-order valence-corrected chi connectivity index (χ2v) is 4.23. The third kappa shape index (κ3) is 4.10. The van der Waals surface area contributed by atoms with Crippen molar-refractivity contribution in [3.05, 3.63) is 59.4 Å². The van der Waals surface area contributed by atoms with Crippen LogP contribution in [0.5, 0.6) is 0 Å². The number of aryl methyl sites for hydroxylation is 1. The SMILES string of the molecule is CCc1ccc(C=CC(=O)NCc2ccn[nH]2)cc1. The van der Waals surface area contributed by atoms with E-state index in [0.29, 0.717) is 6.54 Å². The van der Waals surface area contributed by atoms with E-state index >= 15 is 0 Å². The molecule has 1 amide bonds. The molecule has 4 heteroatoms. The van der Waals surface area contributed by atoms with Crippen LogP contribution in [-0.4, -0.2) is 16.1 Å². The Morgan fingerprint density at radius 1 is 1.32 bits per heavy atom. The second-order valence-electron chi connectivity index (χ2n) is 4.23. The molecule has 0 aliphatic heterocycles. The Morgan fingerprint density at radius 3 is 2.74 bits per heavy atom. The minimum atomic E-state index is -0.117. The molecule has 0 aliphatic rings. The van der Waals surface area contributed by atoms with E-state index in [2.05, 4.69) is 34.6 Å². The third-order valence-corrected chi connectivity index (χ3v) is 2.83. The number of nitrogens with zero attached hydrogens (tertiary/aromatic N) is 1. The van der Waals surface area contributed by atoms with Gasteiger partial charge >= 0.3 is 0 Å². The fourth-order valence-corrected chi connectivity index (χ4v) is 1.66. The van der Waals surface area contributed by atoms with Crippen molar-refractivity contribution in [1.29, 1.82) is 0 Å². The Balaban J connectivity index is 1.85. The van der Waals surface area contributed by atoms with E-state index in [4.69, 9.17) is 0 Å². The van der Waals surface area contributed by atoms with Crippen molar-refractivity contribution < 1.29 is 4.79 Å². The van der Waals surface area contributed by atoms with Crippen molar-refractivity contribution in [3.63, 3.8) is 0 Å². The first-order valence-corrected chi connectivity index (χ1v) is 6.31. The van der Waals surface area contributed by atoms with Crippen molar-refractivity contribution in [1.82, 2.24) is 15.5 Å². The number of benzene rings is 1. The minimum Gasteiger partial charge on any atom is -0.347 e. The zero-order valence-electron chi connectivity index (χ0n) is 10.9. The largest absolute Gasteiger partial charge is 0.347 e. The molecule has 0 aliphatic carbocycles. The number of carbonyl (C=O) groups excluding carboxylic acids is 1. The molecule has 2 N–H and O–H groups in total. The molecule has 0 fully saturated rings. The van der Waals surface area contributed by atoms with E-state index in [1.54, 1.807) is 6.20 Å². The third-order valence-electron chi connectivity index (χ3n) is 2.83. The van der Waals surface area contributed by atoms with E-state index in [1.807, 2.05) is 24.3 Å². The van der Waals surface area contributed by atoms with Gasteiger partial charge in [-0.3, -0.25) is 9.89 Å². The van der Waals surface area contributed by atoms with E-state index < -0.39 is 0 Å². The van der Waals surface area contributed by atoms with Crippen LogP contribution in [-0.2, 0) is 17.8 Å². The zero-order valence-corrected chi connectivity index (χ0v) is 10.9. The fourth-order valence-electron chi connectivity index (χ4n) is 1.66. The Kier molecular flexibility index (Phi) is 4.50. The first-order valence-electron chi connectivity index (χ1n) is 6.31. The van der Waals surface area contributed by atoms with Crippen LogP contribution in [0.4, 0.5) is 0 Å². The Morgan fingerprint density at radius 2 is 2.11 bits per heavy atom. The number of rotatable bonds is 5. The molecule has 2 rings (SSSR count). The Labute approximate surface area is 112 Å². The summed E-state index contributed by atoms with van der Waals surface area (Å²) < 4.78 is 0. The Hall–Kier alpha value is -2.36. The number of nitrogens with one attached hydrogen (secondary N) is 2. The monoisotopic (exact) mass is 255 g/mol. The fraction of sp³-hybridized carbons (Fsp3) is 0.200.